The van der Waals surface area contributed by atoms with Gasteiger partial charge in [-0.1, -0.05) is 0 Å². The highest BCUT2D eigenvalue weighted by Crippen LogP contribution is 2.21. The van der Waals surface area contributed by atoms with Crippen molar-refractivity contribution in [3.8, 4) is 0 Å². The highest BCUT2D eigenvalue weighted by Gasteiger charge is 2.06. The second kappa shape index (κ2) is 3.19. The molecule has 0 saturated heterocycles. The zero-order valence-electron chi connectivity index (χ0n) is 7.06. The van der Waals surface area contributed by atoms with Crippen LogP contribution < -0.4 is 5.73 Å². The van der Waals surface area contributed by atoms with Gasteiger partial charge in [0, 0.05) is 5.56 Å². The zero-order valence-corrected chi connectivity index (χ0v) is 7.88. The van der Waals surface area contributed by atoms with E-state index in [4.69, 9.17) is 5.73 Å². The Morgan fingerprint density at radius 3 is 2.93 bits per heavy atom. The first-order chi connectivity index (χ1) is 6.70. The van der Waals surface area contributed by atoms with E-state index < -0.39 is 5.91 Å². The van der Waals surface area contributed by atoms with Crippen LogP contribution in [0.2, 0.25) is 0 Å². The number of benzene rings is 1. The molecule has 1 heterocycles. The summed E-state index contributed by atoms with van der Waals surface area (Å²) in [5.74, 6) is -0.493. The van der Waals surface area contributed by atoms with Crippen LogP contribution in [0, 0.1) is 0 Å². The molecular formula is C9H6N2O2S. The Morgan fingerprint density at radius 1 is 1.50 bits per heavy atom. The summed E-state index contributed by atoms with van der Waals surface area (Å²) in [5.41, 5.74) is 6.15. The molecule has 0 bridgehead atoms. The van der Waals surface area contributed by atoms with E-state index in [0.717, 1.165) is 4.70 Å². The normalized spacial score (nSPS) is 10.3. The Labute approximate surface area is 83.4 Å². The van der Waals surface area contributed by atoms with Gasteiger partial charge in [-0.2, -0.15) is 0 Å². The topological polar surface area (TPSA) is 73.1 Å². The van der Waals surface area contributed by atoms with Gasteiger partial charge in [0.05, 0.1) is 10.2 Å². The lowest BCUT2D eigenvalue weighted by Crippen LogP contribution is -2.10. The summed E-state index contributed by atoms with van der Waals surface area (Å²) < 4.78 is 0.872. The molecule has 1 amide bonds. The van der Waals surface area contributed by atoms with Crippen molar-refractivity contribution in [2.75, 3.05) is 0 Å². The lowest BCUT2D eigenvalue weighted by atomic mass is 10.2. The third-order valence-electron chi connectivity index (χ3n) is 1.79. The van der Waals surface area contributed by atoms with Gasteiger partial charge in [0.15, 0.2) is 11.3 Å². The minimum absolute atomic E-state index is 0.403. The fourth-order valence-corrected chi connectivity index (χ4v) is 1.91. The Hall–Kier alpha value is -1.75. The van der Waals surface area contributed by atoms with Gasteiger partial charge in [0.2, 0.25) is 5.91 Å². The van der Waals surface area contributed by atoms with Crippen molar-refractivity contribution >= 4 is 33.7 Å². The van der Waals surface area contributed by atoms with Crippen molar-refractivity contribution in [1.29, 1.82) is 0 Å². The number of aromatic nitrogens is 1. The average molecular weight is 206 g/mol. The number of thiazole rings is 1. The van der Waals surface area contributed by atoms with Gasteiger partial charge in [-0.15, -0.1) is 11.3 Å². The Morgan fingerprint density at radius 2 is 2.29 bits per heavy atom. The molecular weight excluding hydrogens is 200 g/mol. The largest absolute Gasteiger partial charge is 0.366 e. The smallest absolute Gasteiger partial charge is 0.248 e. The van der Waals surface area contributed by atoms with Crippen molar-refractivity contribution < 1.29 is 9.59 Å². The second-order valence-corrected chi connectivity index (χ2v) is 3.78. The van der Waals surface area contributed by atoms with Crippen LogP contribution in [-0.2, 0) is 0 Å². The van der Waals surface area contributed by atoms with Crippen LogP contribution in [0.4, 0.5) is 0 Å². The fraction of sp³-hybridized carbons (Fsp3) is 0. The third kappa shape index (κ3) is 1.38. The standard InChI is InChI=1S/C9H6N2O2S/c10-9(13)5-1-2-7-6(3-5)11-8(4-12)14-7/h1-4H,(H2,10,13). The molecule has 0 aliphatic heterocycles. The Kier molecular flexibility index (Phi) is 2.01. The van der Waals surface area contributed by atoms with Crippen LogP contribution in [0.25, 0.3) is 10.2 Å². The van der Waals surface area contributed by atoms with Crippen molar-refractivity contribution in [3.05, 3.63) is 28.8 Å². The van der Waals surface area contributed by atoms with Crippen LogP contribution in [0.5, 0.6) is 0 Å². The number of carbonyl (C=O) groups excluding carboxylic acids is 2. The monoisotopic (exact) mass is 206 g/mol. The molecule has 1 aromatic heterocycles. The summed E-state index contributed by atoms with van der Waals surface area (Å²) in [6.07, 6.45) is 0.689. The van der Waals surface area contributed by atoms with Crippen molar-refractivity contribution in [1.82, 2.24) is 4.98 Å². The highest BCUT2D eigenvalue weighted by atomic mass is 32.1. The summed E-state index contributed by atoms with van der Waals surface area (Å²) in [6, 6.07) is 4.94. The van der Waals surface area contributed by atoms with Crippen LogP contribution >= 0.6 is 11.3 Å². The van der Waals surface area contributed by atoms with Gasteiger partial charge in [-0.3, -0.25) is 9.59 Å². The minimum atomic E-state index is -0.493. The minimum Gasteiger partial charge on any atom is -0.366 e. The molecule has 1 aromatic carbocycles. The van der Waals surface area contributed by atoms with E-state index >= 15 is 0 Å². The van der Waals surface area contributed by atoms with Crippen LogP contribution in [0.15, 0.2) is 18.2 Å². The Balaban J connectivity index is 2.65. The number of amides is 1. The number of rotatable bonds is 2. The van der Waals surface area contributed by atoms with E-state index in [1.54, 1.807) is 18.2 Å². The molecule has 0 radical (unpaired) electrons. The van der Waals surface area contributed by atoms with E-state index in [9.17, 15) is 9.59 Å². The molecule has 0 aliphatic carbocycles. The molecule has 0 unspecified atom stereocenters. The van der Waals surface area contributed by atoms with Gasteiger partial charge in [-0.25, -0.2) is 4.98 Å². The maximum Gasteiger partial charge on any atom is 0.248 e. The summed E-state index contributed by atoms with van der Waals surface area (Å²) >= 11 is 1.29. The first-order valence-corrected chi connectivity index (χ1v) is 4.68. The van der Waals surface area contributed by atoms with Gasteiger partial charge in [0.1, 0.15) is 0 Å². The fourth-order valence-electron chi connectivity index (χ4n) is 1.15. The molecule has 70 valence electrons. The first kappa shape index (κ1) is 8.83. The molecule has 2 rings (SSSR count). The van der Waals surface area contributed by atoms with E-state index in [1.807, 2.05) is 0 Å². The maximum absolute atomic E-state index is 10.8. The number of fused-ring (bicyclic) bond motifs is 1. The quantitative estimate of drug-likeness (QED) is 0.750. The average Bonchev–Trinajstić information content (AvgIpc) is 2.58. The van der Waals surface area contributed by atoms with Gasteiger partial charge in [-0.05, 0) is 18.2 Å². The summed E-state index contributed by atoms with van der Waals surface area (Å²) in [6.45, 7) is 0. The number of nitrogens with zero attached hydrogens (tertiary/aromatic N) is 1. The molecule has 2 N–H and O–H groups in total. The summed E-state index contributed by atoms with van der Waals surface area (Å²) in [7, 11) is 0. The van der Waals surface area contributed by atoms with E-state index in [2.05, 4.69) is 4.98 Å². The van der Waals surface area contributed by atoms with Crippen LogP contribution in [0.1, 0.15) is 20.2 Å². The van der Waals surface area contributed by atoms with E-state index in [-0.39, 0.29) is 0 Å². The van der Waals surface area contributed by atoms with Gasteiger partial charge < -0.3 is 5.73 Å². The Bertz CT molecular complexity index is 519. The van der Waals surface area contributed by atoms with E-state index in [0.29, 0.717) is 22.4 Å². The molecule has 5 heteroatoms. The molecule has 4 nitrogen and oxygen atoms in total. The first-order valence-electron chi connectivity index (χ1n) is 3.86. The summed E-state index contributed by atoms with van der Waals surface area (Å²) in [4.78, 5) is 25.3. The second-order valence-electron chi connectivity index (χ2n) is 2.72. The number of nitrogens with two attached hydrogens (primary N) is 1. The lowest BCUT2D eigenvalue weighted by molar-refractivity contribution is 0.1000. The maximum atomic E-state index is 10.8. The molecule has 0 saturated carbocycles. The molecule has 0 spiro atoms. The predicted octanol–water partition coefficient (Wildman–Crippen LogP) is 1.21. The van der Waals surface area contributed by atoms with E-state index in [1.165, 1.54) is 11.3 Å². The van der Waals surface area contributed by atoms with Crippen LogP contribution in [-0.4, -0.2) is 17.2 Å². The number of carbonyl (C=O) groups is 2. The third-order valence-corrected chi connectivity index (χ3v) is 2.75. The van der Waals surface area contributed by atoms with Crippen molar-refractivity contribution in [3.63, 3.8) is 0 Å². The molecule has 0 aliphatic rings. The number of hydrogen-bond donors (Lipinski definition) is 1. The SMILES string of the molecule is NC(=O)c1ccc2sc(C=O)nc2c1. The molecule has 0 atom stereocenters. The van der Waals surface area contributed by atoms with Crippen molar-refractivity contribution in [2.45, 2.75) is 0 Å². The highest BCUT2D eigenvalue weighted by molar-refractivity contribution is 7.20. The number of aldehydes is 1. The van der Waals surface area contributed by atoms with Crippen LogP contribution in [0.3, 0.4) is 0 Å². The molecule has 2 aromatic rings. The van der Waals surface area contributed by atoms with Gasteiger partial charge >= 0.3 is 0 Å². The predicted molar refractivity (Wildman–Crippen MR) is 53.5 cm³/mol. The lowest BCUT2D eigenvalue weighted by Gasteiger charge is -1.92. The molecule has 0 fully saturated rings. The van der Waals surface area contributed by atoms with Crippen molar-refractivity contribution in [2.24, 2.45) is 5.73 Å². The number of primary amides is 1. The summed E-state index contributed by atoms with van der Waals surface area (Å²) in [5, 5.41) is 0.404. The number of hydrogen-bond acceptors (Lipinski definition) is 4. The zero-order chi connectivity index (χ0) is 10.1. The molecule has 14 heavy (non-hydrogen) atoms. The van der Waals surface area contributed by atoms with Gasteiger partial charge in [0.25, 0.3) is 0 Å².